The van der Waals surface area contributed by atoms with E-state index in [4.69, 9.17) is 0 Å². The van der Waals surface area contributed by atoms with E-state index in [1.165, 1.54) is 11.1 Å². The van der Waals surface area contributed by atoms with E-state index >= 15 is 0 Å². The van der Waals surface area contributed by atoms with Gasteiger partial charge in [0.2, 0.25) is 0 Å². The summed E-state index contributed by atoms with van der Waals surface area (Å²) in [5.74, 6) is 0.864. The molecule has 0 radical (unpaired) electrons. The highest BCUT2D eigenvalue weighted by Gasteiger charge is 2.29. The van der Waals surface area contributed by atoms with Gasteiger partial charge in [-0.3, -0.25) is 0 Å². The van der Waals surface area contributed by atoms with E-state index in [1.54, 1.807) is 6.07 Å². The fraction of sp³-hybridized carbons (Fsp3) is 0.625. The Morgan fingerprint density at radius 2 is 0.735 bits per heavy atom. The Kier molecular flexibility index (Phi) is 8.48. The summed E-state index contributed by atoms with van der Waals surface area (Å²) in [4.78, 5) is 0. The number of phenols is 2. The second-order valence-corrected chi connectivity index (χ2v) is 14.9. The van der Waals surface area contributed by atoms with E-state index < -0.39 is 0 Å². The van der Waals surface area contributed by atoms with Crippen LogP contribution in [0.15, 0.2) is 30.3 Å². The minimum atomic E-state index is -0.0503. The first-order chi connectivity index (χ1) is 14.9. The van der Waals surface area contributed by atoms with Crippen LogP contribution in [0, 0.1) is 0 Å². The predicted molar refractivity (Wildman–Crippen MR) is 150 cm³/mol. The molecule has 2 N–H and O–H groups in total. The number of rotatable bonds is 0. The maximum absolute atomic E-state index is 10.7. The summed E-state index contributed by atoms with van der Waals surface area (Å²) in [6.45, 7) is 32.5. The van der Waals surface area contributed by atoms with Crippen LogP contribution in [0.1, 0.15) is 132 Å². The molecule has 0 aliphatic carbocycles. The lowest BCUT2D eigenvalue weighted by atomic mass is 9.75. The molecule has 0 atom stereocenters. The third-order valence-electron chi connectivity index (χ3n) is 6.26. The number of hydrogen-bond donors (Lipinski definition) is 2. The highest BCUT2D eigenvalue weighted by molar-refractivity contribution is 5.51. The van der Waals surface area contributed by atoms with E-state index in [0.717, 1.165) is 16.7 Å². The summed E-state index contributed by atoms with van der Waals surface area (Å²) in [7, 11) is 0. The Morgan fingerprint density at radius 1 is 0.412 bits per heavy atom. The lowest BCUT2D eigenvalue weighted by molar-refractivity contribution is 0.420. The number of phenolic OH excluding ortho intramolecular Hbond substituents is 2. The molecule has 192 valence electrons. The molecule has 2 aromatic carbocycles. The van der Waals surface area contributed by atoms with Crippen LogP contribution in [0.2, 0.25) is 0 Å². The van der Waals surface area contributed by atoms with Gasteiger partial charge in [0.05, 0.1) is 0 Å². The Bertz CT molecular complexity index is 941. The van der Waals surface area contributed by atoms with Crippen molar-refractivity contribution < 1.29 is 10.2 Å². The minimum Gasteiger partial charge on any atom is -0.508 e. The maximum atomic E-state index is 10.7. The van der Waals surface area contributed by atoms with Crippen LogP contribution in [0.4, 0.5) is 0 Å². The lowest BCUT2D eigenvalue weighted by Crippen LogP contribution is -2.21. The first kappa shape index (κ1) is 30.1. The van der Waals surface area contributed by atoms with Crippen LogP contribution in [0.5, 0.6) is 11.5 Å². The lowest BCUT2D eigenvalue weighted by Gasteiger charge is -2.31. The van der Waals surface area contributed by atoms with Crippen LogP contribution < -0.4 is 0 Å². The molecule has 0 bridgehead atoms. The molecule has 2 rings (SSSR count). The fourth-order valence-corrected chi connectivity index (χ4v) is 3.81. The van der Waals surface area contributed by atoms with Gasteiger partial charge < -0.3 is 10.2 Å². The third-order valence-corrected chi connectivity index (χ3v) is 6.26. The van der Waals surface area contributed by atoms with Crippen molar-refractivity contribution in [3.8, 4) is 11.5 Å². The molecule has 2 nitrogen and oxygen atoms in total. The zero-order valence-corrected chi connectivity index (χ0v) is 24.8. The zero-order valence-electron chi connectivity index (χ0n) is 24.8. The van der Waals surface area contributed by atoms with Gasteiger partial charge in [-0.25, -0.2) is 0 Å². The van der Waals surface area contributed by atoms with Crippen LogP contribution in [-0.4, -0.2) is 10.2 Å². The van der Waals surface area contributed by atoms with E-state index in [-0.39, 0.29) is 27.1 Å². The van der Waals surface area contributed by atoms with Gasteiger partial charge >= 0.3 is 0 Å². The van der Waals surface area contributed by atoms with Crippen LogP contribution in [-0.2, 0) is 27.1 Å². The Morgan fingerprint density at radius 3 is 1.03 bits per heavy atom. The molecule has 0 spiro atoms. The highest BCUT2D eigenvalue weighted by atomic mass is 16.3. The second kappa shape index (κ2) is 9.59. The number of aromatic hydroxyl groups is 2. The third kappa shape index (κ3) is 7.79. The first-order valence-electron chi connectivity index (χ1n) is 12.6. The molecule has 2 aromatic rings. The van der Waals surface area contributed by atoms with Crippen molar-refractivity contribution in [2.75, 3.05) is 0 Å². The van der Waals surface area contributed by atoms with Crippen molar-refractivity contribution in [1.82, 2.24) is 0 Å². The molecule has 0 aliphatic heterocycles. The fourth-order valence-electron chi connectivity index (χ4n) is 3.81. The largest absolute Gasteiger partial charge is 0.508 e. The highest BCUT2D eigenvalue weighted by Crippen LogP contribution is 2.42. The van der Waals surface area contributed by atoms with Crippen molar-refractivity contribution >= 4 is 0 Å². The summed E-state index contributed by atoms with van der Waals surface area (Å²) < 4.78 is 0. The number of hydrogen-bond acceptors (Lipinski definition) is 2. The molecule has 2 heteroatoms. The van der Waals surface area contributed by atoms with E-state index in [2.05, 4.69) is 122 Å². The van der Waals surface area contributed by atoms with E-state index in [9.17, 15) is 10.2 Å². The summed E-state index contributed by atoms with van der Waals surface area (Å²) in [6.07, 6.45) is 0. The average molecular weight is 469 g/mol. The molecule has 0 aromatic heterocycles. The van der Waals surface area contributed by atoms with Crippen LogP contribution >= 0.6 is 0 Å². The number of benzene rings is 2. The molecule has 0 fully saturated rings. The average Bonchev–Trinajstić information content (AvgIpc) is 2.57. The molecular weight excluding hydrogens is 416 g/mol. The molecule has 34 heavy (non-hydrogen) atoms. The smallest absolute Gasteiger partial charge is 0.123 e. The van der Waals surface area contributed by atoms with Crippen molar-refractivity contribution in [2.45, 2.75) is 131 Å². The topological polar surface area (TPSA) is 40.5 Å². The van der Waals surface area contributed by atoms with Crippen molar-refractivity contribution in [3.63, 3.8) is 0 Å². The van der Waals surface area contributed by atoms with E-state index in [1.807, 2.05) is 6.07 Å². The Labute approximate surface area is 210 Å². The minimum absolute atomic E-state index is 0.00859. The predicted octanol–water partition coefficient (Wildman–Crippen LogP) is 9.27. The van der Waals surface area contributed by atoms with Gasteiger partial charge in [-0.15, -0.1) is 0 Å². The van der Waals surface area contributed by atoms with Gasteiger partial charge in [-0.1, -0.05) is 128 Å². The van der Waals surface area contributed by atoms with Gasteiger partial charge in [0.15, 0.2) is 0 Å². The van der Waals surface area contributed by atoms with Crippen LogP contribution in [0.25, 0.3) is 0 Å². The summed E-state index contributed by atoms with van der Waals surface area (Å²) in [6, 6.07) is 10.3. The molecule has 0 heterocycles. The molecule has 0 saturated heterocycles. The second-order valence-electron chi connectivity index (χ2n) is 14.9. The van der Waals surface area contributed by atoms with Gasteiger partial charge in [0.25, 0.3) is 0 Å². The summed E-state index contributed by atoms with van der Waals surface area (Å²) in [5, 5.41) is 20.5. The summed E-state index contributed by atoms with van der Waals surface area (Å²) in [5.41, 5.74) is 5.79. The van der Waals surface area contributed by atoms with Gasteiger partial charge in [0.1, 0.15) is 11.5 Å². The zero-order chi connectivity index (χ0) is 27.1. The monoisotopic (exact) mass is 468 g/mol. The SMILES string of the molecule is CC(C)(C)c1cc(C(C)(C)C)c(O)c(C(C)(C)C)c1.CC(C)(C)c1ccc(O)c(C(C)(C)C)c1. The van der Waals surface area contributed by atoms with Gasteiger partial charge in [-0.2, -0.15) is 0 Å². The van der Waals surface area contributed by atoms with Crippen molar-refractivity contribution in [3.05, 3.63) is 58.1 Å². The molecule has 0 aliphatic rings. The van der Waals surface area contributed by atoms with E-state index in [0.29, 0.717) is 11.5 Å². The molecular formula is C32H52O2. The normalized spacial score (nSPS) is 13.4. The Balaban J connectivity index is 0.000000350. The maximum Gasteiger partial charge on any atom is 0.123 e. The molecule has 0 unspecified atom stereocenters. The molecule has 0 amide bonds. The quantitative estimate of drug-likeness (QED) is 0.404. The van der Waals surface area contributed by atoms with Crippen molar-refractivity contribution in [1.29, 1.82) is 0 Å². The molecule has 0 saturated carbocycles. The van der Waals surface area contributed by atoms with Crippen LogP contribution in [0.3, 0.4) is 0 Å². The Hall–Kier alpha value is -1.96. The first-order valence-corrected chi connectivity index (χ1v) is 12.6. The summed E-state index contributed by atoms with van der Waals surface area (Å²) >= 11 is 0. The van der Waals surface area contributed by atoms with Crippen molar-refractivity contribution in [2.24, 2.45) is 0 Å². The van der Waals surface area contributed by atoms with Gasteiger partial charge in [0, 0.05) is 0 Å². The van der Waals surface area contributed by atoms with Gasteiger partial charge in [-0.05, 0) is 61.0 Å². The standard InChI is InChI=1S/C18H30O.C14H22O/c1-16(2,3)12-10-13(17(4,5)6)15(19)14(11-12)18(7,8)9;1-13(2,3)10-7-8-12(15)11(9-10)14(4,5)6/h10-11,19H,1-9H3;7-9,15H,1-6H3.